The van der Waals surface area contributed by atoms with Crippen LogP contribution < -0.4 is 9.47 Å². The lowest BCUT2D eigenvalue weighted by Crippen LogP contribution is -2.43. The third-order valence-corrected chi connectivity index (χ3v) is 4.48. The van der Waals surface area contributed by atoms with E-state index in [1.807, 2.05) is 0 Å². The molecule has 0 saturated heterocycles. The summed E-state index contributed by atoms with van der Waals surface area (Å²) in [6.07, 6.45) is -11.4. The van der Waals surface area contributed by atoms with E-state index < -0.39 is 49.8 Å². The quantitative estimate of drug-likeness (QED) is 0.334. The van der Waals surface area contributed by atoms with Crippen LogP contribution in [0.4, 0.5) is 35.1 Å². The van der Waals surface area contributed by atoms with Crippen LogP contribution in [0.2, 0.25) is 0 Å². The smallest absolute Gasteiger partial charge is 0.491 e. The van der Waals surface area contributed by atoms with Gasteiger partial charge < -0.3 is 14.6 Å². The van der Waals surface area contributed by atoms with Crippen LogP contribution in [-0.4, -0.2) is 48.5 Å². The van der Waals surface area contributed by atoms with Crippen molar-refractivity contribution in [3.8, 4) is 11.5 Å². The molecule has 0 aromatic heterocycles. The summed E-state index contributed by atoms with van der Waals surface area (Å²) < 4.78 is 109. The number of para-hydroxylation sites is 1. The number of nitrogens with zero attached hydrogens (tertiary/aromatic N) is 1. The number of rotatable bonds is 11. The number of aryl methyl sites for hydroxylation is 2. The summed E-state index contributed by atoms with van der Waals surface area (Å²) in [6, 6.07) is 12.0. The molecular weight excluding hydrogens is 466 g/mol. The van der Waals surface area contributed by atoms with Gasteiger partial charge in [0.2, 0.25) is 0 Å². The third kappa shape index (κ3) is 9.42. The standard InChI is InChI=1S/C21H21F8NO3/c22-19(23)30(20(24,25)26)11-10-16(31)13-32-18-7-2-1-5-15(18)9-8-14-4-3-6-17(12-14)33-21(27,28)29/h1-7,12,16,19,31H,8-11,13H2/t16-/m0/s1. The largest absolute Gasteiger partial charge is 0.573 e. The van der Waals surface area contributed by atoms with Crippen molar-refractivity contribution < 1.29 is 49.7 Å². The van der Waals surface area contributed by atoms with Gasteiger partial charge in [0.25, 0.3) is 0 Å². The van der Waals surface area contributed by atoms with Crippen LogP contribution in [0.15, 0.2) is 48.5 Å². The summed E-state index contributed by atoms with van der Waals surface area (Å²) in [7, 11) is 0. The predicted molar refractivity (Wildman–Crippen MR) is 102 cm³/mol. The van der Waals surface area contributed by atoms with Crippen LogP contribution in [0, 0.1) is 0 Å². The summed E-state index contributed by atoms with van der Waals surface area (Å²) in [6.45, 7) is -5.29. The molecule has 4 nitrogen and oxygen atoms in total. The molecule has 184 valence electrons. The highest BCUT2D eigenvalue weighted by Crippen LogP contribution is 2.27. The van der Waals surface area contributed by atoms with E-state index in [9.17, 15) is 40.2 Å². The molecular formula is C21H21F8NO3. The summed E-state index contributed by atoms with van der Waals surface area (Å²) in [5.74, 6) is -0.0508. The monoisotopic (exact) mass is 487 g/mol. The highest BCUT2D eigenvalue weighted by molar-refractivity contribution is 5.35. The van der Waals surface area contributed by atoms with Crippen molar-refractivity contribution in [2.45, 2.75) is 44.6 Å². The Morgan fingerprint density at radius 1 is 0.909 bits per heavy atom. The topological polar surface area (TPSA) is 41.9 Å². The highest BCUT2D eigenvalue weighted by atomic mass is 19.4. The zero-order valence-electron chi connectivity index (χ0n) is 17.0. The SMILES string of the molecule is O[C@@H](CCN(C(F)F)C(F)(F)F)COc1ccccc1CCc1cccc(OC(F)(F)F)c1. The number of halogens is 8. The Morgan fingerprint density at radius 3 is 2.24 bits per heavy atom. The van der Waals surface area contributed by atoms with Crippen LogP contribution in [0.5, 0.6) is 11.5 Å². The second-order valence-corrected chi connectivity index (χ2v) is 7.00. The Bertz CT molecular complexity index is 873. The van der Waals surface area contributed by atoms with Crippen LogP contribution in [0.3, 0.4) is 0 Å². The first kappa shape index (κ1) is 26.7. The highest BCUT2D eigenvalue weighted by Gasteiger charge is 2.42. The van der Waals surface area contributed by atoms with Gasteiger partial charge in [0, 0.05) is 6.54 Å². The van der Waals surface area contributed by atoms with E-state index >= 15 is 0 Å². The van der Waals surface area contributed by atoms with Crippen LogP contribution in [0.25, 0.3) is 0 Å². The molecule has 0 unspecified atom stereocenters. The lowest BCUT2D eigenvalue weighted by atomic mass is 10.0. The van der Waals surface area contributed by atoms with E-state index in [1.165, 1.54) is 18.2 Å². The molecule has 0 aliphatic rings. The van der Waals surface area contributed by atoms with Crippen molar-refractivity contribution in [1.82, 2.24) is 4.90 Å². The predicted octanol–water partition coefficient (Wildman–Crippen LogP) is 5.54. The van der Waals surface area contributed by atoms with Crippen molar-refractivity contribution in [1.29, 1.82) is 0 Å². The fraction of sp³-hybridized carbons (Fsp3) is 0.429. The second kappa shape index (κ2) is 11.5. The first-order valence-electron chi connectivity index (χ1n) is 9.70. The molecule has 1 N–H and O–H groups in total. The summed E-state index contributed by atoms with van der Waals surface area (Å²) in [4.78, 5) is -0.985. The molecule has 2 rings (SSSR count). The first-order chi connectivity index (χ1) is 15.3. The first-order valence-corrected chi connectivity index (χ1v) is 9.70. The van der Waals surface area contributed by atoms with Gasteiger partial charge in [-0.2, -0.15) is 26.9 Å². The van der Waals surface area contributed by atoms with Crippen molar-refractivity contribution >= 4 is 0 Å². The van der Waals surface area contributed by atoms with E-state index in [2.05, 4.69) is 4.74 Å². The Labute approximate surface area is 184 Å². The average Bonchev–Trinajstić information content (AvgIpc) is 2.69. The van der Waals surface area contributed by atoms with Gasteiger partial charge in [-0.1, -0.05) is 30.3 Å². The lowest BCUT2D eigenvalue weighted by Gasteiger charge is -2.24. The van der Waals surface area contributed by atoms with Gasteiger partial charge in [-0.05, 0) is 48.6 Å². The van der Waals surface area contributed by atoms with Crippen LogP contribution in [0.1, 0.15) is 17.5 Å². The van der Waals surface area contributed by atoms with Gasteiger partial charge in [-0.25, -0.2) is 0 Å². The fourth-order valence-corrected chi connectivity index (χ4v) is 2.92. The summed E-state index contributed by atoms with van der Waals surface area (Å²) in [5.41, 5.74) is 1.20. The molecule has 0 bridgehead atoms. The molecule has 0 radical (unpaired) electrons. The molecule has 0 fully saturated rings. The number of aliphatic hydroxyl groups excluding tert-OH is 1. The maximum Gasteiger partial charge on any atom is 0.573 e. The summed E-state index contributed by atoms with van der Waals surface area (Å²) in [5, 5.41) is 9.86. The normalized spacial score (nSPS) is 13.4. The number of ether oxygens (including phenoxy) is 2. The minimum absolute atomic E-state index is 0.306. The molecule has 0 heterocycles. The average molecular weight is 487 g/mol. The molecule has 2 aromatic rings. The van der Waals surface area contributed by atoms with Crippen LogP contribution >= 0.6 is 0 Å². The second-order valence-electron chi connectivity index (χ2n) is 7.00. The Kier molecular flexibility index (Phi) is 9.29. The molecule has 0 spiro atoms. The maximum atomic E-state index is 12.5. The number of hydrogen-bond acceptors (Lipinski definition) is 4. The van der Waals surface area contributed by atoms with E-state index in [0.29, 0.717) is 29.7 Å². The van der Waals surface area contributed by atoms with Gasteiger partial charge in [0.15, 0.2) is 0 Å². The zero-order valence-corrected chi connectivity index (χ0v) is 17.0. The molecule has 0 amide bonds. The van der Waals surface area contributed by atoms with E-state index in [-0.39, 0.29) is 5.75 Å². The Balaban J connectivity index is 1.92. The maximum absolute atomic E-state index is 12.5. The fourth-order valence-electron chi connectivity index (χ4n) is 2.92. The van der Waals surface area contributed by atoms with E-state index in [0.717, 1.165) is 0 Å². The third-order valence-electron chi connectivity index (χ3n) is 4.48. The number of alkyl halides is 8. The van der Waals surface area contributed by atoms with Crippen LogP contribution in [-0.2, 0) is 12.8 Å². The van der Waals surface area contributed by atoms with Gasteiger partial charge >= 0.3 is 19.2 Å². The zero-order chi connectivity index (χ0) is 24.6. The summed E-state index contributed by atoms with van der Waals surface area (Å²) >= 11 is 0. The van der Waals surface area contributed by atoms with Gasteiger partial charge in [0.05, 0.1) is 6.10 Å². The van der Waals surface area contributed by atoms with E-state index in [1.54, 1.807) is 30.3 Å². The number of aliphatic hydroxyl groups is 1. The molecule has 0 saturated carbocycles. The van der Waals surface area contributed by atoms with Crippen molar-refractivity contribution in [3.05, 3.63) is 59.7 Å². The Hall–Kier alpha value is -2.60. The number of hydrogen-bond donors (Lipinski definition) is 1. The van der Waals surface area contributed by atoms with Crippen molar-refractivity contribution in [2.24, 2.45) is 0 Å². The molecule has 12 heteroatoms. The van der Waals surface area contributed by atoms with Gasteiger partial charge in [-0.3, -0.25) is 0 Å². The molecule has 0 aliphatic carbocycles. The molecule has 0 aliphatic heterocycles. The van der Waals surface area contributed by atoms with Gasteiger partial charge in [0.1, 0.15) is 18.1 Å². The number of benzene rings is 2. The Morgan fingerprint density at radius 2 is 1.61 bits per heavy atom. The molecule has 1 atom stereocenters. The molecule has 2 aromatic carbocycles. The minimum atomic E-state index is -5.23. The van der Waals surface area contributed by atoms with Crippen molar-refractivity contribution in [2.75, 3.05) is 13.2 Å². The minimum Gasteiger partial charge on any atom is -0.491 e. The molecule has 33 heavy (non-hydrogen) atoms. The van der Waals surface area contributed by atoms with Crippen molar-refractivity contribution in [3.63, 3.8) is 0 Å². The van der Waals surface area contributed by atoms with Gasteiger partial charge in [-0.15, -0.1) is 13.2 Å². The van der Waals surface area contributed by atoms with E-state index in [4.69, 9.17) is 4.74 Å². The lowest BCUT2D eigenvalue weighted by molar-refractivity contribution is -0.293.